The van der Waals surface area contributed by atoms with E-state index in [1.54, 1.807) is 23.5 Å². The molecule has 1 aliphatic carbocycles. The lowest BCUT2D eigenvalue weighted by atomic mass is 9.94. The Kier molecular flexibility index (Phi) is 5.83. The summed E-state index contributed by atoms with van der Waals surface area (Å²) in [4.78, 5) is 43.9. The molecule has 8 nitrogen and oxygen atoms in total. The molecule has 3 aromatic rings. The first kappa shape index (κ1) is 22.5. The topological polar surface area (TPSA) is 78.8 Å². The van der Waals surface area contributed by atoms with Crippen molar-refractivity contribution in [2.75, 3.05) is 38.1 Å². The highest BCUT2D eigenvalue weighted by Gasteiger charge is 2.32. The lowest BCUT2D eigenvalue weighted by molar-refractivity contribution is -0.124. The summed E-state index contributed by atoms with van der Waals surface area (Å²) in [5.41, 5.74) is 4.89. The van der Waals surface area contributed by atoms with Crippen molar-refractivity contribution in [2.45, 2.75) is 26.7 Å². The van der Waals surface area contributed by atoms with E-state index in [-0.39, 0.29) is 17.7 Å². The molecular weight excluding hydrogens is 450 g/mol. The summed E-state index contributed by atoms with van der Waals surface area (Å²) >= 11 is 1.73. The molecule has 9 heteroatoms. The number of nitrogens with zero attached hydrogens (tertiary/aromatic N) is 5. The fraction of sp³-hybridized carbons (Fsp3) is 0.360. The maximum atomic E-state index is 13.5. The highest BCUT2D eigenvalue weighted by molar-refractivity contribution is 7.10. The quantitative estimate of drug-likeness (QED) is 0.580. The van der Waals surface area contributed by atoms with Crippen LogP contribution >= 0.6 is 11.3 Å². The Bertz CT molecular complexity index is 1250. The molecule has 0 saturated carbocycles. The predicted octanol–water partition coefficient (Wildman–Crippen LogP) is 2.99. The number of likely N-dealkylation sites (N-methyl/N-ethyl adjacent to an activating group) is 1. The zero-order valence-electron chi connectivity index (χ0n) is 19.6. The molecule has 1 saturated heterocycles. The number of thiophene rings is 1. The number of benzene rings is 1. The number of amides is 3. The van der Waals surface area contributed by atoms with Crippen molar-refractivity contribution < 1.29 is 14.4 Å². The normalized spacial score (nSPS) is 15.6. The van der Waals surface area contributed by atoms with Gasteiger partial charge in [0.05, 0.1) is 17.1 Å². The summed E-state index contributed by atoms with van der Waals surface area (Å²) in [6, 6.07) is 9.26. The number of aromatic nitrogens is 2. The standard InChI is InChI=1S/C25H27N5O3S/c1-16(31)29(17(2)32)18-4-6-19(7-5-18)30-24-20-10-15-34-22(20)9-8-21(24)23(26-30)25(33)28-13-11-27(3)12-14-28/h4-7,10,15H,8-9,11-14H2,1-3H3. The van der Waals surface area contributed by atoms with Crippen LogP contribution in [-0.4, -0.2) is 70.5 Å². The zero-order chi connectivity index (χ0) is 24.0. The van der Waals surface area contributed by atoms with Gasteiger partial charge < -0.3 is 9.80 Å². The van der Waals surface area contributed by atoms with Crippen LogP contribution in [0.2, 0.25) is 0 Å². The number of rotatable bonds is 3. The minimum absolute atomic E-state index is 0.0160. The number of carbonyl (C=O) groups excluding carboxylic acids is 3. The molecule has 1 aliphatic heterocycles. The summed E-state index contributed by atoms with van der Waals surface area (Å²) in [7, 11) is 2.07. The average Bonchev–Trinajstić information content (AvgIpc) is 3.44. The number of imide groups is 1. The van der Waals surface area contributed by atoms with Crippen LogP contribution in [0.3, 0.4) is 0 Å². The number of piperazine rings is 1. The van der Waals surface area contributed by atoms with Crippen molar-refractivity contribution in [3.05, 3.63) is 51.8 Å². The SMILES string of the molecule is CC(=O)N(C(C)=O)c1ccc(-n2nc(C(=O)N3CCN(C)CC3)c3c2-c2ccsc2CC3)cc1. The second-order valence-electron chi connectivity index (χ2n) is 8.83. The van der Waals surface area contributed by atoms with E-state index in [2.05, 4.69) is 23.4 Å². The summed E-state index contributed by atoms with van der Waals surface area (Å²) < 4.78 is 1.85. The molecule has 3 heterocycles. The van der Waals surface area contributed by atoms with E-state index in [4.69, 9.17) is 5.10 Å². The van der Waals surface area contributed by atoms with Crippen molar-refractivity contribution in [3.8, 4) is 16.9 Å². The van der Waals surface area contributed by atoms with Crippen LogP contribution in [0.4, 0.5) is 5.69 Å². The van der Waals surface area contributed by atoms with E-state index in [0.29, 0.717) is 24.5 Å². The lowest BCUT2D eigenvalue weighted by Gasteiger charge is -2.32. The molecule has 1 aromatic carbocycles. The van der Waals surface area contributed by atoms with Gasteiger partial charge in [0.2, 0.25) is 11.8 Å². The Labute approximate surface area is 202 Å². The van der Waals surface area contributed by atoms with E-state index in [1.807, 2.05) is 21.7 Å². The summed E-state index contributed by atoms with van der Waals surface area (Å²) in [5, 5.41) is 6.93. The Morgan fingerprint density at radius 1 is 0.941 bits per heavy atom. The highest BCUT2D eigenvalue weighted by atomic mass is 32.1. The first-order valence-corrected chi connectivity index (χ1v) is 12.3. The summed E-state index contributed by atoms with van der Waals surface area (Å²) in [6.45, 7) is 5.84. The van der Waals surface area contributed by atoms with Crippen LogP contribution in [0.5, 0.6) is 0 Å². The van der Waals surface area contributed by atoms with Gasteiger partial charge in [-0.2, -0.15) is 5.10 Å². The van der Waals surface area contributed by atoms with Gasteiger partial charge in [-0.15, -0.1) is 11.3 Å². The van der Waals surface area contributed by atoms with E-state index in [0.717, 1.165) is 53.3 Å². The molecule has 0 radical (unpaired) electrons. The van der Waals surface area contributed by atoms with Crippen LogP contribution in [0.25, 0.3) is 16.9 Å². The molecule has 0 atom stereocenters. The van der Waals surface area contributed by atoms with Crippen molar-refractivity contribution in [1.29, 1.82) is 0 Å². The van der Waals surface area contributed by atoms with Gasteiger partial charge >= 0.3 is 0 Å². The van der Waals surface area contributed by atoms with Crippen LogP contribution in [0.1, 0.15) is 34.8 Å². The molecule has 0 N–H and O–H groups in total. The molecule has 2 aliphatic rings. The Morgan fingerprint density at radius 3 is 2.26 bits per heavy atom. The molecule has 176 valence electrons. The fourth-order valence-electron chi connectivity index (χ4n) is 4.79. The third kappa shape index (κ3) is 3.84. The molecule has 34 heavy (non-hydrogen) atoms. The van der Waals surface area contributed by atoms with E-state index in [1.165, 1.54) is 18.7 Å². The third-order valence-corrected chi connectivity index (χ3v) is 7.54. The molecule has 3 amide bonds. The monoisotopic (exact) mass is 477 g/mol. The second kappa shape index (κ2) is 8.81. The Balaban J connectivity index is 1.57. The molecule has 0 bridgehead atoms. The van der Waals surface area contributed by atoms with Crippen LogP contribution < -0.4 is 4.90 Å². The molecule has 0 unspecified atom stereocenters. The molecule has 1 fully saturated rings. The minimum atomic E-state index is -0.334. The van der Waals surface area contributed by atoms with Crippen LogP contribution in [-0.2, 0) is 22.4 Å². The maximum absolute atomic E-state index is 13.5. The first-order chi connectivity index (χ1) is 16.3. The van der Waals surface area contributed by atoms with Gasteiger partial charge in [-0.3, -0.25) is 19.3 Å². The van der Waals surface area contributed by atoms with Gasteiger partial charge in [-0.25, -0.2) is 4.68 Å². The Morgan fingerprint density at radius 2 is 1.62 bits per heavy atom. The molecule has 2 aromatic heterocycles. The number of hydrogen-bond acceptors (Lipinski definition) is 6. The molecular formula is C25H27N5O3S. The number of anilines is 1. The van der Waals surface area contributed by atoms with E-state index >= 15 is 0 Å². The van der Waals surface area contributed by atoms with E-state index < -0.39 is 0 Å². The summed E-state index contributed by atoms with van der Waals surface area (Å²) in [6.07, 6.45) is 1.68. The largest absolute Gasteiger partial charge is 0.335 e. The second-order valence-corrected chi connectivity index (χ2v) is 9.83. The van der Waals surface area contributed by atoms with Crippen LogP contribution in [0.15, 0.2) is 35.7 Å². The van der Waals surface area contributed by atoms with Gasteiger partial charge in [0, 0.05) is 56.0 Å². The number of fused-ring (bicyclic) bond motifs is 3. The van der Waals surface area contributed by atoms with Crippen molar-refractivity contribution in [3.63, 3.8) is 0 Å². The number of aryl methyl sites for hydroxylation is 1. The van der Waals surface area contributed by atoms with Gasteiger partial charge in [-0.1, -0.05) is 0 Å². The maximum Gasteiger partial charge on any atom is 0.274 e. The highest BCUT2D eigenvalue weighted by Crippen LogP contribution is 2.40. The average molecular weight is 478 g/mol. The predicted molar refractivity (Wildman–Crippen MR) is 132 cm³/mol. The summed E-state index contributed by atoms with van der Waals surface area (Å²) in [5.74, 6) is -0.683. The smallest absolute Gasteiger partial charge is 0.274 e. The molecule has 0 spiro atoms. The van der Waals surface area contributed by atoms with Gasteiger partial charge in [0.15, 0.2) is 5.69 Å². The van der Waals surface area contributed by atoms with Crippen molar-refractivity contribution in [1.82, 2.24) is 19.6 Å². The molecule has 5 rings (SSSR count). The van der Waals surface area contributed by atoms with Crippen molar-refractivity contribution in [2.24, 2.45) is 0 Å². The van der Waals surface area contributed by atoms with E-state index in [9.17, 15) is 14.4 Å². The number of hydrogen-bond donors (Lipinski definition) is 0. The minimum Gasteiger partial charge on any atom is -0.335 e. The van der Waals surface area contributed by atoms with Crippen LogP contribution in [0, 0.1) is 0 Å². The third-order valence-electron chi connectivity index (χ3n) is 6.56. The van der Waals surface area contributed by atoms with Gasteiger partial charge in [0.25, 0.3) is 5.91 Å². The fourth-order valence-corrected chi connectivity index (χ4v) is 5.67. The van der Waals surface area contributed by atoms with Crippen molar-refractivity contribution >= 4 is 34.7 Å². The number of carbonyl (C=O) groups is 3. The van der Waals surface area contributed by atoms with Gasteiger partial charge in [-0.05, 0) is 55.6 Å². The lowest BCUT2D eigenvalue weighted by Crippen LogP contribution is -2.47. The van der Waals surface area contributed by atoms with Gasteiger partial charge in [0.1, 0.15) is 0 Å². The zero-order valence-corrected chi connectivity index (χ0v) is 20.4. The first-order valence-electron chi connectivity index (χ1n) is 11.4. The Hall–Kier alpha value is -3.30.